The maximum Gasteiger partial charge on any atom is 0.168 e. The molecule has 16 heavy (non-hydrogen) atoms. The van der Waals surface area contributed by atoms with Crippen LogP contribution in [-0.4, -0.2) is 49.2 Å². The minimum Gasteiger partial charge on any atom is -0.393 e. The molecular formula is C9H14F6O. The van der Waals surface area contributed by atoms with Gasteiger partial charge in [-0.25, -0.2) is 22.0 Å². The fraction of sp³-hybridized carbons (Fsp3) is 1.00. The van der Waals surface area contributed by atoms with E-state index in [1.165, 1.54) is 0 Å². The van der Waals surface area contributed by atoms with E-state index in [1.54, 1.807) is 0 Å². The number of hydrogen-bond acceptors (Lipinski definition) is 1. The SMILES string of the molecule is OCC(F)C(F)C(F)C(F)C(F)CCCF. The molecule has 7 heteroatoms. The first-order valence-electron chi connectivity index (χ1n) is 4.82. The Labute approximate surface area is 89.4 Å². The van der Waals surface area contributed by atoms with Gasteiger partial charge in [0.1, 0.15) is 6.17 Å². The Morgan fingerprint density at radius 3 is 1.75 bits per heavy atom. The summed E-state index contributed by atoms with van der Waals surface area (Å²) in [5, 5.41) is 8.17. The third kappa shape index (κ3) is 4.59. The maximum atomic E-state index is 12.9. The highest BCUT2D eigenvalue weighted by Gasteiger charge is 2.39. The molecule has 0 rings (SSSR count). The molecule has 0 radical (unpaired) electrons. The monoisotopic (exact) mass is 252 g/mol. The largest absolute Gasteiger partial charge is 0.393 e. The average molecular weight is 252 g/mol. The Morgan fingerprint density at radius 2 is 1.31 bits per heavy atom. The van der Waals surface area contributed by atoms with Gasteiger partial charge >= 0.3 is 0 Å². The highest BCUT2D eigenvalue weighted by atomic mass is 19.2. The number of alkyl halides is 6. The van der Waals surface area contributed by atoms with Gasteiger partial charge in [0.2, 0.25) is 0 Å². The van der Waals surface area contributed by atoms with Gasteiger partial charge in [0.15, 0.2) is 24.7 Å². The number of aliphatic hydroxyl groups is 1. The molecule has 0 aromatic rings. The Bertz CT molecular complexity index is 181. The molecule has 0 saturated carbocycles. The number of halogens is 6. The van der Waals surface area contributed by atoms with Gasteiger partial charge in [-0.3, -0.25) is 4.39 Å². The van der Waals surface area contributed by atoms with Crippen LogP contribution in [0.3, 0.4) is 0 Å². The highest BCUT2D eigenvalue weighted by molar-refractivity contribution is 4.86. The van der Waals surface area contributed by atoms with Crippen molar-refractivity contribution >= 4 is 0 Å². The lowest BCUT2D eigenvalue weighted by Crippen LogP contribution is -2.40. The van der Waals surface area contributed by atoms with Crippen LogP contribution in [0.4, 0.5) is 26.3 Å². The first-order valence-corrected chi connectivity index (χ1v) is 4.82. The van der Waals surface area contributed by atoms with E-state index < -0.39 is 50.6 Å². The molecule has 0 bridgehead atoms. The lowest BCUT2D eigenvalue weighted by atomic mass is 10.0. The van der Waals surface area contributed by atoms with Crippen molar-refractivity contribution in [2.75, 3.05) is 13.3 Å². The molecule has 98 valence electrons. The zero-order chi connectivity index (χ0) is 12.7. The molecule has 1 N–H and O–H groups in total. The summed E-state index contributed by atoms with van der Waals surface area (Å²) in [6.45, 7) is -2.21. The van der Waals surface area contributed by atoms with Crippen LogP contribution in [0.25, 0.3) is 0 Å². The van der Waals surface area contributed by atoms with Crippen molar-refractivity contribution in [1.29, 1.82) is 0 Å². The van der Waals surface area contributed by atoms with E-state index in [0.717, 1.165) is 0 Å². The van der Waals surface area contributed by atoms with Gasteiger partial charge in [0.05, 0.1) is 13.3 Å². The van der Waals surface area contributed by atoms with Crippen LogP contribution in [-0.2, 0) is 0 Å². The van der Waals surface area contributed by atoms with Gasteiger partial charge in [0.25, 0.3) is 0 Å². The molecule has 0 saturated heterocycles. The van der Waals surface area contributed by atoms with Gasteiger partial charge in [-0.15, -0.1) is 0 Å². The Hall–Kier alpha value is -0.460. The summed E-state index contributed by atoms with van der Waals surface area (Å²) in [4.78, 5) is 0. The molecule has 0 fully saturated rings. The van der Waals surface area contributed by atoms with Gasteiger partial charge < -0.3 is 5.11 Å². The standard InChI is InChI=1S/C9H14F6O/c10-3-1-2-5(11)7(13)9(15)8(14)6(12)4-16/h5-9,16H,1-4H2. The number of rotatable bonds is 8. The van der Waals surface area contributed by atoms with E-state index >= 15 is 0 Å². The second-order valence-electron chi connectivity index (χ2n) is 3.38. The second kappa shape index (κ2) is 7.76. The average Bonchev–Trinajstić information content (AvgIpc) is 2.31. The summed E-state index contributed by atoms with van der Waals surface area (Å²) in [6, 6.07) is 0. The lowest BCUT2D eigenvalue weighted by molar-refractivity contribution is -0.0143. The molecule has 5 atom stereocenters. The van der Waals surface area contributed by atoms with Crippen molar-refractivity contribution in [1.82, 2.24) is 0 Å². The topological polar surface area (TPSA) is 20.2 Å². The van der Waals surface area contributed by atoms with Crippen LogP contribution in [0.2, 0.25) is 0 Å². The highest BCUT2D eigenvalue weighted by Crippen LogP contribution is 2.23. The summed E-state index contributed by atoms with van der Waals surface area (Å²) >= 11 is 0. The summed E-state index contributed by atoms with van der Waals surface area (Å²) in [7, 11) is 0. The minimum atomic E-state index is -3.00. The molecule has 0 aromatic carbocycles. The predicted molar refractivity (Wildman–Crippen MR) is 46.8 cm³/mol. The predicted octanol–water partition coefficient (Wildman–Crippen LogP) is 2.42. The van der Waals surface area contributed by atoms with Gasteiger partial charge in [-0.1, -0.05) is 0 Å². The summed E-state index contributed by atoms with van der Waals surface area (Å²) in [6.07, 6.45) is -14.7. The zero-order valence-electron chi connectivity index (χ0n) is 8.43. The molecule has 5 unspecified atom stereocenters. The first kappa shape index (κ1) is 15.5. The van der Waals surface area contributed by atoms with Crippen molar-refractivity contribution in [3.63, 3.8) is 0 Å². The fourth-order valence-electron chi connectivity index (χ4n) is 1.11. The zero-order valence-corrected chi connectivity index (χ0v) is 8.43. The third-order valence-electron chi connectivity index (χ3n) is 2.09. The maximum absolute atomic E-state index is 12.9. The van der Waals surface area contributed by atoms with Crippen LogP contribution in [0, 0.1) is 0 Å². The van der Waals surface area contributed by atoms with E-state index in [2.05, 4.69) is 0 Å². The van der Waals surface area contributed by atoms with Crippen molar-refractivity contribution in [2.45, 2.75) is 43.7 Å². The van der Waals surface area contributed by atoms with E-state index in [-0.39, 0.29) is 6.42 Å². The molecule has 0 aliphatic heterocycles. The normalized spacial score (nSPS) is 21.2. The molecule has 0 heterocycles. The Morgan fingerprint density at radius 1 is 0.812 bits per heavy atom. The smallest absolute Gasteiger partial charge is 0.168 e. The van der Waals surface area contributed by atoms with E-state index in [1.807, 2.05) is 0 Å². The quantitative estimate of drug-likeness (QED) is 0.658. The summed E-state index contributed by atoms with van der Waals surface area (Å²) in [5.74, 6) is 0. The fourth-order valence-corrected chi connectivity index (χ4v) is 1.11. The lowest BCUT2D eigenvalue weighted by Gasteiger charge is -2.21. The molecule has 0 aliphatic rings. The van der Waals surface area contributed by atoms with Gasteiger partial charge in [-0.2, -0.15) is 0 Å². The van der Waals surface area contributed by atoms with Crippen LogP contribution in [0.1, 0.15) is 12.8 Å². The van der Waals surface area contributed by atoms with E-state index in [4.69, 9.17) is 5.11 Å². The number of aliphatic hydroxyl groups excluding tert-OH is 1. The van der Waals surface area contributed by atoms with Crippen LogP contribution in [0.15, 0.2) is 0 Å². The van der Waals surface area contributed by atoms with Crippen molar-refractivity contribution in [3.8, 4) is 0 Å². The third-order valence-corrected chi connectivity index (χ3v) is 2.09. The Kier molecular flexibility index (Phi) is 7.53. The van der Waals surface area contributed by atoms with E-state index in [0.29, 0.717) is 0 Å². The molecule has 0 aliphatic carbocycles. The molecule has 0 spiro atoms. The molecular weight excluding hydrogens is 238 g/mol. The summed E-state index contributed by atoms with van der Waals surface area (Å²) in [5.41, 5.74) is 0. The number of hydrogen-bond donors (Lipinski definition) is 1. The second-order valence-corrected chi connectivity index (χ2v) is 3.38. The van der Waals surface area contributed by atoms with E-state index in [9.17, 15) is 26.3 Å². The van der Waals surface area contributed by atoms with Crippen LogP contribution < -0.4 is 0 Å². The van der Waals surface area contributed by atoms with Gasteiger partial charge in [0, 0.05) is 0 Å². The van der Waals surface area contributed by atoms with Crippen LogP contribution >= 0.6 is 0 Å². The first-order chi connectivity index (χ1) is 7.45. The minimum absolute atomic E-state index is 0.315. The Balaban J connectivity index is 4.19. The van der Waals surface area contributed by atoms with Crippen molar-refractivity contribution in [2.24, 2.45) is 0 Å². The molecule has 0 aromatic heterocycles. The van der Waals surface area contributed by atoms with Gasteiger partial charge in [-0.05, 0) is 12.8 Å². The van der Waals surface area contributed by atoms with Crippen LogP contribution in [0.5, 0.6) is 0 Å². The van der Waals surface area contributed by atoms with Crippen molar-refractivity contribution < 1.29 is 31.4 Å². The summed E-state index contributed by atoms with van der Waals surface area (Å²) < 4.78 is 75.4. The molecule has 1 nitrogen and oxygen atoms in total. The van der Waals surface area contributed by atoms with Crippen molar-refractivity contribution in [3.05, 3.63) is 0 Å². The molecule has 0 amide bonds.